The summed E-state index contributed by atoms with van der Waals surface area (Å²) in [7, 11) is 0. The highest BCUT2D eigenvalue weighted by molar-refractivity contribution is 5.73. The van der Waals surface area contributed by atoms with Crippen LogP contribution >= 0.6 is 0 Å². The maximum atomic E-state index is 13.9. The molecule has 0 saturated carbocycles. The lowest BCUT2D eigenvalue weighted by atomic mass is 10.1. The van der Waals surface area contributed by atoms with Crippen LogP contribution in [-0.4, -0.2) is 20.0 Å². The largest absolute Gasteiger partial charge is 0.487 e. The van der Waals surface area contributed by atoms with Gasteiger partial charge in [-0.2, -0.15) is 0 Å². The maximum Gasteiger partial charge on any atom is 0.226 e. The number of oxazole rings is 1. The number of rotatable bonds is 10. The molecule has 2 aromatic carbocycles. The molecule has 0 atom stereocenters. The molecule has 0 aliphatic heterocycles. The van der Waals surface area contributed by atoms with Crippen LogP contribution in [0.15, 0.2) is 78.2 Å². The van der Waals surface area contributed by atoms with Crippen molar-refractivity contribution >= 4 is 5.57 Å². The van der Waals surface area contributed by atoms with E-state index in [2.05, 4.69) is 34.0 Å². The van der Waals surface area contributed by atoms with E-state index in [4.69, 9.17) is 9.15 Å². The molecule has 7 heteroatoms. The molecule has 6 nitrogen and oxygen atoms in total. The zero-order valence-corrected chi connectivity index (χ0v) is 17.1. The first kappa shape index (κ1) is 20.5. The molecule has 0 bridgehead atoms. The van der Waals surface area contributed by atoms with Gasteiger partial charge in [0.1, 0.15) is 30.1 Å². The molecule has 2 heterocycles. The summed E-state index contributed by atoms with van der Waals surface area (Å²) in [6, 6.07) is 14.4. The molecular formula is C24H23FN4O2. The zero-order valence-electron chi connectivity index (χ0n) is 17.1. The quantitative estimate of drug-likeness (QED) is 0.337. The Kier molecular flexibility index (Phi) is 6.52. The van der Waals surface area contributed by atoms with Crippen LogP contribution in [-0.2, 0) is 19.6 Å². The second-order valence-corrected chi connectivity index (χ2v) is 7.16. The molecule has 0 fully saturated rings. The van der Waals surface area contributed by atoms with Crippen LogP contribution in [0.5, 0.6) is 5.75 Å². The van der Waals surface area contributed by atoms with E-state index in [0.29, 0.717) is 16.8 Å². The van der Waals surface area contributed by atoms with E-state index in [9.17, 15) is 4.39 Å². The molecule has 0 N–H and O–H groups in total. The average molecular weight is 418 g/mol. The number of unbranched alkanes of at least 4 members (excludes halogenated alkanes) is 1. The Balaban J connectivity index is 1.25. The van der Waals surface area contributed by atoms with Gasteiger partial charge in [0.2, 0.25) is 5.89 Å². The molecule has 0 radical (unpaired) electrons. The number of benzene rings is 2. The third-order valence-corrected chi connectivity index (χ3v) is 4.89. The molecule has 0 aliphatic carbocycles. The smallest absolute Gasteiger partial charge is 0.226 e. The van der Waals surface area contributed by atoms with Crippen molar-refractivity contribution in [2.24, 2.45) is 0 Å². The average Bonchev–Trinajstić information content (AvgIpc) is 3.48. The lowest BCUT2D eigenvalue weighted by molar-refractivity contribution is 0.301. The number of ether oxygens (including phenoxy) is 1. The normalized spacial score (nSPS) is 10.9. The van der Waals surface area contributed by atoms with Gasteiger partial charge in [0, 0.05) is 23.9 Å². The van der Waals surface area contributed by atoms with Crippen molar-refractivity contribution in [3.8, 4) is 5.75 Å². The van der Waals surface area contributed by atoms with E-state index in [1.807, 2.05) is 23.0 Å². The second kappa shape index (κ2) is 9.84. The number of aromatic nitrogens is 4. The van der Waals surface area contributed by atoms with Crippen LogP contribution in [0.1, 0.15) is 35.6 Å². The molecule has 0 unspecified atom stereocenters. The number of aryl methyl sites for hydroxylation is 2. The van der Waals surface area contributed by atoms with E-state index >= 15 is 0 Å². The van der Waals surface area contributed by atoms with Crippen LogP contribution in [0.25, 0.3) is 5.57 Å². The molecule has 0 spiro atoms. The van der Waals surface area contributed by atoms with E-state index < -0.39 is 0 Å². The van der Waals surface area contributed by atoms with Gasteiger partial charge in [-0.3, -0.25) is 4.68 Å². The molecule has 2 aromatic heterocycles. The van der Waals surface area contributed by atoms with E-state index in [1.165, 1.54) is 17.9 Å². The maximum absolute atomic E-state index is 13.9. The van der Waals surface area contributed by atoms with Crippen molar-refractivity contribution in [2.45, 2.75) is 32.4 Å². The summed E-state index contributed by atoms with van der Waals surface area (Å²) in [5.41, 5.74) is 2.65. The molecule has 0 amide bonds. The summed E-state index contributed by atoms with van der Waals surface area (Å²) < 4.78 is 27.0. The van der Waals surface area contributed by atoms with Crippen molar-refractivity contribution in [3.05, 3.63) is 102 Å². The SMILES string of the molecule is C=C(c1nc(COc2ccc(CCCCn3ccnn3)cc2)co1)c1ccccc1F. The Bertz CT molecular complexity index is 1120. The minimum Gasteiger partial charge on any atom is -0.487 e. The van der Waals surface area contributed by atoms with Gasteiger partial charge in [-0.1, -0.05) is 42.1 Å². The predicted octanol–water partition coefficient (Wildman–Crippen LogP) is 5.07. The first-order valence-corrected chi connectivity index (χ1v) is 10.1. The fraction of sp³-hybridized carbons (Fsp3) is 0.208. The van der Waals surface area contributed by atoms with Crippen LogP contribution in [0.4, 0.5) is 4.39 Å². The third kappa shape index (κ3) is 5.45. The summed E-state index contributed by atoms with van der Waals surface area (Å²) >= 11 is 0. The lowest BCUT2D eigenvalue weighted by Crippen LogP contribution is -1.99. The van der Waals surface area contributed by atoms with Crippen LogP contribution in [0, 0.1) is 5.82 Å². The summed E-state index contributed by atoms with van der Waals surface area (Å²) in [5, 5.41) is 7.77. The van der Waals surface area contributed by atoms with E-state index in [0.717, 1.165) is 31.6 Å². The fourth-order valence-electron chi connectivity index (χ4n) is 3.20. The van der Waals surface area contributed by atoms with Gasteiger partial charge < -0.3 is 9.15 Å². The Labute approximate surface area is 180 Å². The van der Waals surface area contributed by atoms with Crippen LogP contribution in [0.3, 0.4) is 0 Å². The van der Waals surface area contributed by atoms with E-state index in [-0.39, 0.29) is 18.3 Å². The molecule has 4 rings (SSSR count). The lowest BCUT2D eigenvalue weighted by Gasteiger charge is -2.06. The third-order valence-electron chi connectivity index (χ3n) is 4.89. The number of nitrogens with zero attached hydrogens (tertiary/aromatic N) is 4. The standard InChI is InChI=1S/C24H23FN4O2/c1-18(22-7-2-3-8-23(22)25)24-27-20(17-31-24)16-30-21-11-9-19(10-12-21)6-4-5-14-29-15-13-26-28-29/h2-3,7-13,15,17H,1,4-6,14,16H2. The minimum absolute atomic E-state index is 0.255. The summed E-state index contributed by atoms with van der Waals surface area (Å²) in [4.78, 5) is 4.36. The van der Waals surface area contributed by atoms with Gasteiger partial charge in [-0.15, -0.1) is 5.10 Å². The highest BCUT2D eigenvalue weighted by atomic mass is 19.1. The Morgan fingerprint density at radius 1 is 1.10 bits per heavy atom. The summed E-state index contributed by atoms with van der Waals surface area (Å²) in [6.45, 7) is 5.03. The number of halogens is 1. The first-order valence-electron chi connectivity index (χ1n) is 10.1. The Morgan fingerprint density at radius 3 is 2.71 bits per heavy atom. The molecule has 31 heavy (non-hydrogen) atoms. The van der Waals surface area contributed by atoms with Gasteiger partial charge in [-0.25, -0.2) is 9.37 Å². The Hall–Kier alpha value is -3.74. The van der Waals surface area contributed by atoms with Gasteiger partial charge in [0.15, 0.2) is 0 Å². The topological polar surface area (TPSA) is 66.0 Å². The van der Waals surface area contributed by atoms with Crippen molar-refractivity contribution in [1.29, 1.82) is 0 Å². The highest BCUT2D eigenvalue weighted by Gasteiger charge is 2.13. The van der Waals surface area contributed by atoms with Crippen molar-refractivity contribution in [3.63, 3.8) is 0 Å². The fourth-order valence-corrected chi connectivity index (χ4v) is 3.20. The second-order valence-electron chi connectivity index (χ2n) is 7.16. The molecular weight excluding hydrogens is 395 g/mol. The predicted molar refractivity (Wildman–Crippen MR) is 115 cm³/mol. The molecule has 0 aliphatic rings. The molecule has 158 valence electrons. The summed E-state index contributed by atoms with van der Waals surface area (Å²) in [5.74, 6) is 0.677. The van der Waals surface area contributed by atoms with Crippen LogP contribution in [0.2, 0.25) is 0 Å². The number of hydrogen-bond donors (Lipinski definition) is 0. The minimum atomic E-state index is -0.359. The van der Waals surface area contributed by atoms with Gasteiger partial charge in [0.05, 0.1) is 6.20 Å². The van der Waals surface area contributed by atoms with Gasteiger partial charge in [-0.05, 0) is 43.0 Å². The van der Waals surface area contributed by atoms with E-state index in [1.54, 1.807) is 24.4 Å². The van der Waals surface area contributed by atoms with Crippen LogP contribution < -0.4 is 4.74 Å². The van der Waals surface area contributed by atoms with Crippen molar-refractivity contribution < 1.29 is 13.5 Å². The van der Waals surface area contributed by atoms with Crippen molar-refractivity contribution in [1.82, 2.24) is 20.0 Å². The highest BCUT2D eigenvalue weighted by Crippen LogP contribution is 2.24. The molecule has 0 saturated heterocycles. The molecule has 4 aromatic rings. The zero-order chi connectivity index (χ0) is 21.5. The monoisotopic (exact) mass is 418 g/mol. The van der Waals surface area contributed by atoms with Gasteiger partial charge >= 0.3 is 0 Å². The van der Waals surface area contributed by atoms with Crippen molar-refractivity contribution in [2.75, 3.05) is 0 Å². The Morgan fingerprint density at radius 2 is 1.94 bits per heavy atom. The summed E-state index contributed by atoms with van der Waals surface area (Å²) in [6.07, 6.45) is 8.20. The van der Waals surface area contributed by atoms with Gasteiger partial charge in [0.25, 0.3) is 0 Å². The number of hydrogen-bond acceptors (Lipinski definition) is 5. The first-order chi connectivity index (χ1) is 15.2.